The van der Waals surface area contributed by atoms with Gasteiger partial charge in [-0.1, -0.05) is 26.0 Å². The summed E-state index contributed by atoms with van der Waals surface area (Å²) in [6.07, 6.45) is 2.03. The topological polar surface area (TPSA) is 87.7 Å². The van der Waals surface area contributed by atoms with Crippen LogP contribution in [0.2, 0.25) is 0 Å². The summed E-state index contributed by atoms with van der Waals surface area (Å²) < 4.78 is 5.55. The fraction of sp³-hybridized carbons (Fsp3) is 0.294. The van der Waals surface area contributed by atoms with Crippen LogP contribution < -0.4 is 10.5 Å². The number of ether oxygens (including phenoxy) is 1. The highest BCUT2D eigenvalue weighted by Crippen LogP contribution is 2.44. The van der Waals surface area contributed by atoms with E-state index in [1.807, 2.05) is 18.4 Å². The highest BCUT2D eigenvalue weighted by atomic mass is 32.2. The minimum Gasteiger partial charge on any atom is -0.420 e. The van der Waals surface area contributed by atoms with Gasteiger partial charge in [-0.15, -0.1) is 16.9 Å². The molecule has 1 aliphatic heterocycles. The van der Waals surface area contributed by atoms with Gasteiger partial charge in [0.2, 0.25) is 11.8 Å². The van der Waals surface area contributed by atoms with Gasteiger partial charge in [-0.3, -0.25) is 5.10 Å². The number of rotatable bonds is 3. The van der Waals surface area contributed by atoms with Gasteiger partial charge in [-0.05, 0) is 29.9 Å². The first-order valence-electron chi connectivity index (χ1n) is 7.36. The van der Waals surface area contributed by atoms with Crippen LogP contribution in [0.3, 0.4) is 0 Å². The summed E-state index contributed by atoms with van der Waals surface area (Å²) in [6.45, 7) is 4.16. The molecule has 0 saturated heterocycles. The monoisotopic (exact) mass is 326 g/mol. The maximum Gasteiger partial charge on any atom is 0.244 e. The van der Waals surface area contributed by atoms with Crippen LogP contribution in [0.25, 0.3) is 0 Å². The van der Waals surface area contributed by atoms with Crippen molar-refractivity contribution < 1.29 is 4.74 Å². The van der Waals surface area contributed by atoms with Crippen LogP contribution in [0.15, 0.2) is 40.6 Å². The molecule has 1 atom stereocenters. The minimum absolute atomic E-state index is 0.126. The number of thioether (sulfide) groups is 1. The van der Waals surface area contributed by atoms with E-state index in [2.05, 4.69) is 42.2 Å². The molecule has 0 unspecified atom stereocenters. The summed E-state index contributed by atoms with van der Waals surface area (Å²) in [5.74, 6) is 0.572. The summed E-state index contributed by atoms with van der Waals surface area (Å²) >= 11 is 1.68. The normalized spacial score (nSPS) is 16.9. The van der Waals surface area contributed by atoms with Gasteiger partial charge in [0, 0.05) is 10.6 Å². The zero-order chi connectivity index (χ0) is 16.6. The van der Waals surface area contributed by atoms with Gasteiger partial charge < -0.3 is 10.5 Å². The van der Waals surface area contributed by atoms with Crippen molar-refractivity contribution >= 4 is 11.8 Å². The second kappa shape index (κ2) is 6.01. The van der Waals surface area contributed by atoms with Gasteiger partial charge in [0.05, 0.1) is 11.5 Å². The van der Waals surface area contributed by atoms with Crippen molar-refractivity contribution in [2.45, 2.75) is 30.6 Å². The van der Waals surface area contributed by atoms with E-state index in [1.54, 1.807) is 11.8 Å². The standard InChI is InChI=1S/C17H18N4OS/c1-9(2)15-14-13(10-4-6-11(23-3)7-5-10)12(8-18)16(19)22-17(14)21-20-15/h4-7,9,13H,19H2,1-3H3,(H,20,21)/t13-/m1/s1. The molecule has 0 aliphatic carbocycles. The third-order valence-corrected chi connectivity index (χ3v) is 4.74. The van der Waals surface area contributed by atoms with Gasteiger partial charge in [0.15, 0.2) is 0 Å². The van der Waals surface area contributed by atoms with Crippen molar-refractivity contribution in [1.29, 1.82) is 5.26 Å². The molecule has 0 fully saturated rings. The zero-order valence-corrected chi connectivity index (χ0v) is 14.1. The van der Waals surface area contributed by atoms with Gasteiger partial charge in [0.25, 0.3) is 0 Å². The Bertz CT molecular complexity index is 799. The first kappa shape index (κ1) is 15.5. The second-order valence-corrected chi connectivity index (χ2v) is 6.59. The van der Waals surface area contributed by atoms with Crippen LogP contribution >= 0.6 is 11.8 Å². The number of nitrogens with two attached hydrogens (primary N) is 1. The van der Waals surface area contributed by atoms with E-state index in [-0.39, 0.29) is 17.7 Å². The van der Waals surface area contributed by atoms with Crippen molar-refractivity contribution in [3.05, 3.63) is 52.5 Å². The quantitative estimate of drug-likeness (QED) is 0.843. The van der Waals surface area contributed by atoms with E-state index in [9.17, 15) is 5.26 Å². The molecule has 0 amide bonds. The maximum atomic E-state index is 9.58. The van der Waals surface area contributed by atoms with Crippen molar-refractivity contribution in [1.82, 2.24) is 10.2 Å². The number of nitrogens with zero attached hydrogens (tertiary/aromatic N) is 2. The smallest absolute Gasteiger partial charge is 0.244 e. The number of nitriles is 1. The Morgan fingerprint density at radius 2 is 2.04 bits per heavy atom. The van der Waals surface area contributed by atoms with Crippen LogP contribution in [0.4, 0.5) is 0 Å². The second-order valence-electron chi connectivity index (χ2n) is 5.71. The minimum atomic E-state index is -0.254. The molecular weight excluding hydrogens is 308 g/mol. The third kappa shape index (κ3) is 2.57. The largest absolute Gasteiger partial charge is 0.420 e. The molecule has 1 aromatic heterocycles. The Hall–Kier alpha value is -2.39. The zero-order valence-electron chi connectivity index (χ0n) is 13.3. The number of H-pyrrole nitrogens is 1. The van der Waals surface area contributed by atoms with E-state index in [1.165, 1.54) is 4.90 Å². The molecule has 5 nitrogen and oxygen atoms in total. The number of aromatic nitrogens is 2. The van der Waals surface area contributed by atoms with Crippen LogP contribution in [-0.4, -0.2) is 16.5 Å². The van der Waals surface area contributed by atoms with Crippen molar-refractivity contribution in [2.75, 3.05) is 6.26 Å². The van der Waals surface area contributed by atoms with E-state index in [0.717, 1.165) is 16.8 Å². The Morgan fingerprint density at radius 1 is 1.35 bits per heavy atom. The Balaban J connectivity index is 2.19. The summed E-state index contributed by atoms with van der Waals surface area (Å²) in [5.41, 5.74) is 9.26. The predicted octanol–water partition coefficient (Wildman–Crippen LogP) is 3.47. The molecule has 0 bridgehead atoms. The van der Waals surface area contributed by atoms with Gasteiger partial charge in [-0.2, -0.15) is 5.26 Å². The van der Waals surface area contributed by atoms with Crippen molar-refractivity contribution in [3.63, 3.8) is 0 Å². The van der Waals surface area contributed by atoms with Gasteiger partial charge >= 0.3 is 0 Å². The Labute approximate surface area is 139 Å². The average molecular weight is 326 g/mol. The Morgan fingerprint density at radius 3 is 2.61 bits per heavy atom. The molecule has 1 aromatic carbocycles. The average Bonchev–Trinajstić information content (AvgIpc) is 2.97. The van der Waals surface area contributed by atoms with Gasteiger partial charge in [0.1, 0.15) is 11.6 Å². The van der Waals surface area contributed by atoms with E-state index >= 15 is 0 Å². The molecular formula is C17H18N4OS. The molecule has 0 radical (unpaired) electrons. The first-order chi connectivity index (χ1) is 11.1. The third-order valence-electron chi connectivity index (χ3n) is 3.99. The van der Waals surface area contributed by atoms with E-state index in [4.69, 9.17) is 10.5 Å². The van der Waals surface area contributed by atoms with Crippen LogP contribution in [0.1, 0.15) is 42.5 Å². The van der Waals surface area contributed by atoms with Crippen LogP contribution in [0.5, 0.6) is 5.88 Å². The molecule has 2 heterocycles. The number of nitrogens with one attached hydrogen (secondary N) is 1. The molecule has 3 rings (SSSR count). The number of hydrogen-bond acceptors (Lipinski definition) is 5. The molecule has 3 N–H and O–H groups in total. The fourth-order valence-corrected chi connectivity index (χ4v) is 3.25. The summed E-state index contributed by atoms with van der Waals surface area (Å²) in [4.78, 5) is 1.17. The summed E-state index contributed by atoms with van der Waals surface area (Å²) in [5, 5.41) is 16.8. The van der Waals surface area contributed by atoms with Gasteiger partial charge in [-0.25, -0.2) is 0 Å². The number of benzene rings is 1. The molecule has 23 heavy (non-hydrogen) atoms. The van der Waals surface area contributed by atoms with E-state index < -0.39 is 0 Å². The molecule has 0 saturated carbocycles. The van der Waals surface area contributed by atoms with Crippen LogP contribution in [-0.2, 0) is 0 Å². The van der Waals surface area contributed by atoms with Crippen molar-refractivity contribution in [3.8, 4) is 11.9 Å². The van der Waals surface area contributed by atoms with Crippen molar-refractivity contribution in [2.24, 2.45) is 5.73 Å². The van der Waals surface area contributed by atoms with E-state index in [0.29, 0.717) is 11.5 Å². The maximum absolute atomic E-state index is 9.58. The molecule has 2 aromatic rings. The predicted molar refractivity (Wildman–Crippen MR) is 90.2 cm³/mol. The molecule has 6 heteroatoms. The lowest BCUT2D eigenvalue weighted by Gasteiger charge is -2.24. The number of fused-ring (bicyclic) bond motifs is 1. The lowest BCUT2D eigenvalue weighted by molar-refractivity contribution is 0.378. The first-order valence-corrected chi connectivity index (χ1v) is 8.59. The number of aromatic amines is 1. The van der Waals surface area contributed by atoms with Crippen LogP contribution in [0, 0.1) is 11.3 Å². The molecule has 1 aliphatic rings. The SMILES string of the molecule is CSc1ccc([C@@H]2C(C#N)=C(N)Oc3n[nH]c(C(C)C)c32)cc1. The summed E-state index contributed by atoms with van der Waals surface area (Å²) in [6, 6.07) is 10.4. The highest BCUT2D eigenvalue weighted by molar-refractivity contribution is 7.98. The number of hydrogen-bond donors (Lipinski definition) is 2. The lowest BCUT2D eigenvalue weighted by Crippen LogP contribution is -2.21. The Kier molecular flexibility index (Phi) is 4.05. The summed E-state index contributed by atoms with van der Waals surface area (Å²) in [7, 11) is 0. The molecule has 118 valence electrons. The lowest BCUT2D eigenvalue weighted by atomic mass is 9.82. The number of allylic oxidation sites excluding steroid dienone is 1. The highest BCUT2D eigenvalue weighted by Gasteiger charge is 2.35. The fourth-order valence-electron chi connectivity index (χ4n) is 2.84. The molecule has 0 spiro atoms.